The van der Waals surface area contributed by atoms with Gasteiger partial charge in [-0.3, -0.25) is 4.79 Å². The molecule has 0 unspecified atom stereocenters. The first-order chi connectivity index (χ1) is 14.1. The summed E-state index contributed by atoms with van der Waals surface area (Å²) in [6.07, 6.45) is 5.94. The van der Waals surface area contributed by atoms with Crippen molar-refractivity contribution in [1.82, 2.24) is 10.2 Å². The number of quaternary nitrogens is 1. The Balaban J connectivity index is 1.71. The molecule has 1 aromatic rings. The molecule has 1 aromatic carbocycles. The predicted octanol–water partition coefficient (Wildman–Crippen LogP) is 2.48. The van der Waals surface area contributed by atoms with Crippen molar-refractivity contribution in [3.8, 4) is 0 Å². The van der Waals surface area contributed by atoms with E-state index in [0.29, 0.717) is 12.5 Å². The maximum atomic E-state index is 12.5. The summed E-state index contributed by atoms with van der Waals surface area (Å²) in [7, 11) is 0. The Morgan fingerprint density at radius 3 is 2.59 bits per heavy atom. The van der Waals surface area contributed by atoms with Crippen LogP contribution in [0.25, 0.3) is 0 Å². The van der Waals surface area contributed by atoms with Crippen LogP contribution in [0.1, 0.15) is 52.0 Å². The molecule has 1 amide bonds. The maximum absolute atomic E-state index is 12.5. The van der Waals surface area contributed by atoms with Crippen LogP contribution in [0.15, 0.2) is 24.3 Å². The monoisotopic (exact) mass is 419 g/mol. The Morgan fingerprint density at radius 1 is 1.21 bits per heavy atom. The molecule has 0 bridgehead atoms. The molecule has 162 valence electrons. The first-order valence-corrected chi connectivity index (χ1v) is 11.7. The van der Waals surface area contributed by atoms with Crippen molar-refractivity contribution < 1.29 is 9.69 Å². The summed E-state index contributed by atoms with van der Waals surface area (Å²) in [5.74, 6) is 0.797. The largest absolute Gasteiger partial charge is 0.362 e. The number of nitrogens with one attached hydrogen (secondary N) is 3. The van der Waals surface area contributed by atoms with Gasteiger partial charge in [-0.1, -0.05) is 58.2 Å². The van der Waals surface area contributed by atoms with E-state index in [9.17, 15) is 4.79 Å². The van der Waals surface area contributed by atoms with Crippen molar-refractivity contribution in [3.05, 3.63) is 29.8 Å². The second kappa shape index (κ2) is 12.8. The van der Waals surface area contributed by atoms with Crippen molar-refractivity contribution >= 4 is 28.9 Å². The third-order valence-electron chi connectivity index (χ3n) is 5.93. The van der Waals surface area contributed by atoms with Crippen molar-refractivity contribution in [2.75, 3.05) is 44.6 Å². The van der Waals surface area contributed by atoms with Gasteiger partial charge in [0.15, 0.2) is 11.7 Å². The van der Waals surface area contributed by atoms with Gasteiger partial charge in [-0.2, -0.15) is 0 Å². The van der Waals surface area contributed by atoms with Gasteiger partial charge in [0, 0.05) is 12.2 Å². The molecule has 6 heteroatoms. The molecule has 2 rings (SSSR count). The Hall–Kier alpha value is -1.66. The van der Waals surface area contributed by atoms with Gasteiger partial charge >= 0.3 is 0 Å². The van der Waals surface area contributed by atoms with Crippen LogP contribution in [0.4, 0.5) is 5.69 Å². The summed E-state index contributed by atoms with van der Waals surface area (Å²) < 4.78 is 0. The quantitative estimate of drug-likeness (QED) is 0.510. The highest BCUT2D eigenvalue weighted by Crippen LogP contribution is 2.15. The van der Waals surface area contributed by atoms with Gasteiger partial charge in [0.2, 0.25) is 0 Å². The zero-order chi connectivity index (χ0) is 21.1. The molecule has 0 spiro atoms. The molecular weight excluding hydrogens is 380 g/mol. The minimum atomic E-state index is 0.0942. The van der Waals surface area contributed by atoms with E-state index < -0.39 is 0 Å². The first kappa shape index (κ1) is 23.6. The number of nitrogens with zero attached hydrogens (tertiary/aromatic N) is 1. The zero-order valence-electron chi connectivity index (χ0n) is 18.4. The number of thiocarbonyl (C=S) groups is 1. The predicted molar refractivity (Wildman–Crippen MR) is 125 cm³/mol. The molecular formula is C23H39N4OS+. The lowest BCUT2D eigenvalue weighted by atomic mass is 9.99. The average molecular weight is 420 g/mol. The number of aryl methyl sites for hydroxylation is 1. The highest BCUT2D eigenvalue weighted by Gasteiger charge is 2.24. The fourth-order valence-corrected chi connectivity index (χ4v) is 4.13. The third-order valence-corrected chi connectivity index (χ3v) is 6.33. The number of rotatable bonds is 10. The highest BCUT2D eigenvalue weighted by atomic mass is 32.1. The molecule has 0 aromatic heterocycles. The number of piperazine rings is 1. The average Bonchev–Trinajstić information content (AvgIpc) is 2.74. The fourth-order valence-electron chi connectivity index (χ4n) is 3.86. The van der Waals surface area contributed by atoms with Crippen LogP contribution in [0.2, 0.25) is 0 Å². The summed E-state index contributed by atoms with van der Waals surface area (Å²) in [6.45, 7) is 11.8. The van der Waals surface area contributed by atoms with Gasteiger partial charge in [0.1, 0.15) is 0 Å². The number of carbonyl (C=O) groups excluding carboxylic acids is 1. The van der Waals surface area contributed by atoms with Crippen LogP contribution in [0.5, 0.6) is 0 Å². The number of amides is 1. The van der Waals surface area contributed by atoms with Crippen LogP contribution in [0, 0.1) is 5.92 Å². The summed E-state index contributed by atoms with van der Waals surface area (Å²) >= 11 is 5.62. The SMILES string of the molecule is CCCC[C@H](CC)CNC(=S)N1CC[NH+](CC(=O)Nc2ccccc2CC)CC1. The van der Waals surface area contributed by atoms with Gasteiger partial charge < -0.3 is 20.4 Å². The number of hydrogen-bond acceptors (Lipinski definition) is 2. The van der Waals surface area contributed by atoms with E-state index in [0.717, 1.165) is 49.9 Å². The normalized spacial score (nSPS) is 15.8. The van der Waals surface area contributed by atoms with Crippen LogP contribution in [0.3, 0.4) is 0 Å². The van der Waals surface area contributed by atoms with Gasteiger partial charge in [0.25, 0.3) is 5.91 Å². The number of benzene rings is 1. The van der Waals surface area contributed by atoms with Crippen molar-refractivity contribution in [2.45, 2.75) is 52.9 Å². The second-order valence-electron chi connectivity index (χ2n) is 8.08. The number of para-hydroxylation sites is 1. The number of anilines is 1. The Morgan fingerprint density at radius 2 is 1.93 bits per heavy atom. The maximum Gasteiger partial charge on any atom is 0.279 e. The minimum absolute atomic E-state index is 0.0942. The lowest BCUT2D eigenvalue weighted by Gasteiger charge is -2.34. The van der Waals surface area contributed by atoms with Crippen LogP contribution >= 0.6 is 12.2 Å². The molecule has 0 aliphatic carbocycles. The van der Waals surface area contributed by atoms with Gasteiger partial charge in [-0.15, -0.1) is 0 Å². The summed E-state index contributed by atoms with van der Waals surface area (Å²) in [4.78, 5) is 16.1. The third kappa shape index (κ3) is 7.94. The van der Waals surface area contributed by atoms with E-state index in [1.54, 1.807) is 0 Å². The van der Waals surface area contributed by atoms with Gasteiger partial charge in [-0.05, 0) is 42.6 Å². The standard InChI is InChI=1S/C23H38N4OS/c1-4-7-10-19(5-2)17-24-23(29)27-15-13-26(14-16-27)18-22(28)25-21-12-9-8-11-20(21)6-3/h8-9,11-12,19H,4-7,10,13-18H2,1-3H3,(H,24,29)(H,25,28)/p+1/t19-/m0/s1. The Kier molecular flexibility index (Phi) is 10.4. The molecule has 0 saturated carbocycles. The molecule has 3 N–H and O–H groups in total. The molecule has 1 aliphatic rings. The Bertz CT molecular complexity index is 644. The number of hydrogen-bond donors (Lipinski definition) is 3. The van der Waals surface area contributed by atoms with Crippen LogP contribution in [-0.4, -0.2) is 55.2 Å². The lowest BCUT2D eigenvalue weighted by Crippen LogP contribution is -3.15. The molecule has 1 heterocycles. The van der Waals surface area contributed by atoms with E-state index in [1.807, 2.05) is 18.2 Å². The number of carbonyl (C=O) groups is 1. The first-order valence-electron chi connectivity index (χ1n) is 11.3. The van der Waals surface area contributed by atoms with Crippen molar-refractivity contribution in [1.29, 1.82) is 0 Å². The summed E-state index contributed by atoms with van der Waals surface area (Å²) in [5.41, 5.74) is 2.12. The van der Waals surface area contributed by atoms with Crippen molar-refractivity contribution in [2.24, 2.45) is 5.92 Å². The summed E-state index contributed by atoms with van der Waals surface area (Å²) in [5, 5.41) is 7.44. The van der Waals surface area contributed by atoms with E-state index >= 15 is 0 Å². The fraction of sp³-hybridized carbons (Fsp3) is 0.652. The second-order valence-corrected chi connectivity index (χ2v) is 8.46. The molecule has 0 radical (unpaired) electrons. The van der Waals surface area contributed by atoms with E-state index in [-0.39, 0.29) is 5.91 Å². The van der Waals surface area contributed by atoms with Crippen molar-refractivity contribution in [3.63, 3.8) is 0 Å². The Labute approximate surface area is 182 Å². The van der Waals surface area contributed by atoms with E-state index in [2.05, 4.69) is 42.4 Å². The molecule has 1 atom stereocenters. The smallest absolute Gasteiger partial charge is 0.279 e. The van der Waals surface area contributed by atoms with E-state index in [1.165, 1.54) is 36.1 Å². The highest BCUT2D eigenvalue weighted by molar-refractivity contribution is 7.80. The van der Waals surface area contributed by atoms with Crippen LogP contribution < -0.4 is 15.5 Å². The molecule has 29 heavy (non-hydrogen) atoms. The lowest BCUT2D eigenvalue weighted by molar-refractivity contribution is -0.895. The topological polar surface area (TPSA) is 48.8 Å². The molecule has 1 fully saturated rings. The molecule has 5 nitrogen and oxygen atoms in total. The number of unbranched alkanes of at least 4 members (excludes halogenated alkanes) is 1. The zero-order valence-corrected chi connectivity index (χ0v) is 19.2. The van der Waals surface area contributed by atoms with E-state index in [4.69, 9.17) is 12.2 Å². The van der Waals surface area contributed by atoms with Gasteiger partial charge in [-0.25, -0.2) is 0 Å². The summed E-state index contributed by atoms with van der Waals surface area (Å²) in [6, 6.07) is 8.04. The molecule has 1 aliphatic heterocycles. The molecule has 1 saturated heterocycles. The van der Waals surface area contributed by atoms with Crippen LogP contribution in [-0.2, 0) is 11.2 Å². The van der Waals surface area contributed by atoms with Gasteiger partial charge in [0.05, 0.1) is 26.2 Å². The minimum Gasteiger partial charge on any atom is -0.362 e.